The molecule has 1 N–H and O–H groups in total. The van der Waals surface area contributed by atoms with E-state index in [1.54, 1.807) is 0 Å². The predicted molar refractivity (Wildman–Crippen MR) is 70.0 cm³/mol. The Balaban J connectivity index is 3.20. The summed E-state index contributed by atoms with van der Waals surface area (Å²) in [5, 5.41) is 3.87. The fourth-order valence-electron chi connectivity index (χ4n) is 1.48. The number of hydrogen-bond acceptors (Lipinski definition) is 1. The number of nitrogens with one attached hydrogen (secondary N) is 1. The quantitative estimate of drug-likeness (QED) is 0.773. The molecule has 0 saturated heterocycles. The average Bonchev–Trinajstić information content (AvgIpc) is 2.26. The van der Waals surface area contributed by atoms with Gasteiger partial charge < -0.3 is 5.32 Å². The maximum atomic E-state index is 5.98. The Hall–Kier alpha value is -0.660. The van der Waals surface area contributed by atoms with Crippen molar-refractivity contribution in [3.63, 3.8) is 0 Å². The summed E-state index contributed by atoms with van der Waals surface area (Å²) in [5.41, 5.74) is 3.26. The van der Waals surface area contributed by atoms with Gasteiger partial charge in [0.2, 0.25) is 0 Å². The second kappa shape index (κ2) is 6.04. The van der Waals surface area contributed by atoms with Crippen LogP contribution in [-0.2, 0) is 0 Å². The summed E-state index contributed by atoms with van der Waals surface area (Å²) < 4.78 is 0. The molecule has 0 unspecified atom stereocenters. The van der Waals surface area contributed by atoms with Gasteiger partial charge in [-0.15, -0.1) is 11.6 Å². The first-order chi connectivity index (χ1) is 7.22. The van der Waals surface area contributed by atoms with E-state index >= 15 is 0 Å². The highest BCUT2D eigenvalue weighted by Crippen LogP contribution is 2.28. The lowest BCUT2D eigenvalue weighted by atomic mass is 10.0. The molecule has 0 atom stereocenters. The van der Waals surface area contributed by atoms with Gasteiger partial charge in [-0.2, -0.15) is 0 Å². The molecule has 1 nitrogen and oxygen atoms in total. The molecule has 15 heavy (non-hydrogen) atoms. The largest absolute Gasteiger partial charge is 0.388 e. The number of halogens is 2. The second-order valence-corrected chi connectivity index (χ2v) is 3.91. The molecule has 0 saturated carbocycles. The van der Waals surface area contributed by atoms with Crippen LogP contribution in [-0.4, -0.2) is 12.9 Å². The lowest BCUT2D eigenvalue weighted by Gasteiger charge is -2.11. The maximum absolute atomic E-state index is 5.98. The minimum Gasteiger partial charge on any atom is -0.388 e. The Kier molecular flexibility index (Phi) is 5.00. The third-order valence-electron chi connectivity index (χ3n) is 2.19. The number of hydrogen-bond donors (Lipinski definition) is 1. The van der Waals surface area contributed by atoms with Crippen molar-refractivity contribution in [2.45, 2.75) is 13.3 Å². The van der Waals surface area contributed by atoms with Gasteiger partial charge in [0, 0.05) is 29.2 Å². The number of anilines is 1. The molecule has 1 aromatic carbocycles. The number of alkyl halides is 1. The lowest BCUT2D eigenvalue weighted by Crippen LogP contribution is -1.96. The Morgan fingerprint density at radius 3 is 2.73 bits per heavy atom. The molecular weight excluding hydrogens is 229 g/mol. The van der Waals surface area contributed by atoms with Crippen LogP contribution in [0, 0.1) is 0 Å². The summed E-state index contributed by atoms with van der Waals surface area (Å²) in [6.07, 6.45) is 3.09. The Bertz CT molecular complexity index is 359. The second-order valence-electron chi connectivity index (χ2n) is 3.21. The van der Waals surface area contributed by atoms with Crippen molar-refractivity contribution in [2.24, 2.45) is 0 Å². The van der Waals surface area contributed by atoms with Gasteiger partial charge in [0.15, 0.2) is 0 Å². The van der Waals surface area contributed by atoms with Crippen LogP contribution in [0.1, 0.15) is 18.9 Å². The third kappa shape index (κ3) is 3.15. The molecule has 1 rings (SSSR count). The number of rotatable bonds is 4. The van der Waals surface area contributed by atoms with E-state index in [0.29, 0.717) is 5.88 Å². The van der Waals surface area contributed by atoms with E-state index in [2.05, 4.69) is 18.3 Å². The van der Waals surface area contributed by atoms with E-state index in [1.165, 1.54) is 0 Å². The van der Waals surface area contributed by atoms with E-state index < -0.39 is 0 Å². The molecule has 0 aliphatic rings. The zero-order valence-corrected chi connectivity index (χ0v) is 10.5. The lowest BCUT2D eigenvalue weighted by molar-refractivity contribution is 1.22. The van der Waals surface area contributed by atoms with Crippen LogP contribution in [0.15, 0.2) is 24.3 Å². The summed E-state index contributed by atoms with van der Waals surface area (Å²) in [4.78, 5) is 0. The van der Waals surface area contributed by atoms with Crippen LogP contribution in [0.2, 0.25) is 5.02 Å². The highest BCUT2D eigenvalue weighted by Gasteiger charge is 2.06. The van der Waals surface area contributed by atoms with Crippen molar-refractivity contribution in [3.8, 4) is 0 Å². The van der Waals surface area contributed by atoms with Gasteiger partial charge in [0.1, 0.15) is 0 Å². The highest BCUT2D eigenvalue weighted by atomic mass is 35.5. The van der Waals surface area contributed by atoms with Gasteiger partial charge in [0.05, 0.1) is 0 Å². The molecular formula is C12H15Cl2N. The molecule has 0 aliphatic heterocycles. The summed E-state index contributed by atoms with van der Waals surface area (Å²) in [7, 11) is 1.89. The predicted octanol–water partition coefficient (Wildman–Crippen LogP) is 4.41. The van der Waals surface area contributed by atoms with Gasteiger partial charge in [0.25, 0.3) is 0 Å². The fraction of sp³-hybridized carbons (Fsp3) is 0.333. The van der Waals surface area contributed by atoms with Crippen molar-refractivity contribution in [3.05, 3.63) is 34.9 Å². The molecule has 0 radical (unpaired) electrons. The molecule has 0 amide bonds. The first kappa shape index (κ1) is 12.4. The summed E-state index contributed by atoms with van der Waals surface area (Å²) in [6, 6.07) is 5.78. The normalized spacial score (nSPS) is 11.6. The first-order valence-electron chi connectivity index (χ1n) is 4.95. The molecule has 0 aliphatic carbocycles. The van der Waals surface area contributed by atoms with Crippen molar-refractivity contribution < 1.29 is 0 Å². The molecule has 0 fully saturated rings. The maximum Gasteiger partial charge on any atom is 0.0477 e. The topological polar surface area (TPSA) is 12.0 Å². The Morgan fingerprint density at radius 1 is 1.47 bits per heavy atom. The standard InChI is InChI=1S/C12H15Cl2N/c1-3-4-9(8-13)11-7-10(14)5-6-12(11)15-2/h4-7,15H,3,8H2,1-2H3/b9-4+. The van der Waals surface area contributed by atoms with Gasteiger partial charge in [-0.3, -0.25) is 0 Å². The van der Waals surface area contributed by atoms with E-state index in [4.69, 9.17) is 23.2 Å². The van der Waals surface area contributed by atoms with Crippen LogP contribution in [0.3, 0.4) is 0 Å². The van der Waals surface area contributed by atoms with Crippen LogP contribution in [0.5, 0.6) is 0 Å². The number of allylic oxidation sites excluding steroid dienone is 2. The van der Waals surface area contributed by atoms with Crippen molar-refractivity contribution in [1.29, 1.82) is 0 Å². The average molecular weight is 244 g/mol. The fourth-order valence-corrected chi connectivity index (χ4v) is 1.91. The highest BCUT2D eigenvalue weighted by molar-refractivity contribution is 6.31. The van der Waals surface area contributed by atoms with Crippen molar-refractivity contribution in [1.82, 2.24) is 0 Å². The minimum absolute atomic E-state index is 0.503. The molecule has 3 heteroatoms. The number of benzene rings is 1. The molecule has 0 spiro atoms. The molecule has 0 bridgehead atoms. The Morgan fingerprint density at radius 2 is 2.20 bits per heavy atom. The molecule has 0 aromatic heterocycles. The first-order valence-corrected chi connectivity index (χ1v) is 5.86. The summed E-state index contributed by atoms with van der Waals surface area (Å²) in [5.74, 6) is 0.503. The van der Waals surface area contributed by atoms with Gasteiger partial charge in [-0.05, 0) is 30.2 Å². The molecule has 0 heterocycles. The summed E-state index contributed by atoms with van der Waals surface area (Å²) in [6.45, 7) is 2.09. The van der Waals surface area contributed by atoms with Crippen molar-refractivity contribution in [2.75, 3.05) is 18.2 Å². The monoisotopic (exact) mass is 243 g/mol. The SMILES string of the molecule is CC/C=C(\CCl)c1cc(Cl)ccc1NC. The Labute approximate surface area is 101 Å². The smallest absolute Gasteiger partial charge is 0.0477 e. The van der Waals surface area contributed by atoms with Crippen LogP contribution in [0.25, 0.3) is 5.57 Å². The van der Waals surface area contributed by atoms with Crippen LogP contribution >= 0.6 is 23.2 Å². The van der Waals surface area contributed by atoms with E-state index in [1.807, 2.05) is 25.2 Å². The van der Waals surface area contributed by atoms with E-state index in [0.717, 1.165) is 28.3 Å². The molecule has 1 aromatic rings. The van der Waals surface area contributed by atoms with Gasteiger partial charge >= 0.3 is 0 Å². The molecule has 82 valence electrons. The van der Waals surface area contributed by atoms with Gasteiger partial charge in [-0.1, -0.05) is 24.6 Å². The van der Waals surface area contributed by atoms with Crippen LogP contribution < -0.4 is 5.32 Å². The van der Waals surface area contributed by atoms with E-state index in [9.17, 15) is 0 Å². The van der Waals surface area contributed by atoms with E-state index in [-0.39, 0.29) is 0 Å². The van der Waals surface area contributed by atoms with Gasteiger partial charge in [-0.25, -0.2) is 0 Å². The third-order valence-corrected chi connectivity index (χ3v) is 2.71. The zero-order chi connectivity index (χ0) is 11.3. The summed E-state index contributed by atoms with van der Waals surface area (Å²) >= 11 is 11.9. The van der Waals surface area contributed by atoms with Crippen LogP contribution in [0.4, 0.5) is 5.69 Å². The van der Waals surface area contributed by atoms with Crippen molar-refractivity contribution >= 4 is 34.5 Å². The minimum atomic E-state index is 0.503. The zero-order valence-electron chi connectivity index (χ0n) is 8.98.